The molecule has 2 N–H and O–H groups in total. The fraction of sp³-hybridized carbons (Fsp3) is 0.500. The molecule has 0 aliphatic rings. The van der Waals surface area contributed by atoms with Crippen molar-refractivity contribution in [1.82, 2.24) is 9.62 Å². The Balaban J connectivity index is 3.15. The van der Waals surface area contributed by atoms with E-state index in [0.717, 1.165) is 0 Å². The van der Waals surface area contributed by atoms with Crippen molar-refractivity contribution >= 4 is 21.9 Å². The Labute approximate surface area is 147 Å². The van der Waals surface area contributed by atoms with Gasteiger partial charge in [-0.15, -0.1) is 0 Å². The van der Waals surface area contributed by atoms with Crippen molar-refractivity contribution in [2.75, 3.05) is 33.4 Å². The molecular weight excluding hydrogens is 348 g/mol. The fourth-order valence-corrected chi connectivity index (χ4v) is 3.25. The van der Waals surface area contributed by atoms with Gasteiger partial charge in [-0.25, -0.2) is 13.1 Å². The number of hydrogen-bond donors (Lipinski definition) is 2. The number of aryl methyl sites for hydroxylation is 1. The number of rotatable bonds is 10. The zero-order valence-corrected chi connectivity index (χ0v) is 15.4. The molecule has 9 heteroatoms. The van der Waals surface area contributed by atoms with E-state index in [2.05, 4.69) is 4.72 Å². The van der Waals surface area contributed by atoms with Crippen LogP contribution in [0.4, 0.5) is 0 Å². The third kappa shape index (κ3) is 6.11. The summed E-state index contributed by atoms with van der Waals surface area (Å²) in [6.07, 6.45) is 0.592. The van der Waals surface area contributed by atoms with Crippen molar-refractivity contribution in [1.29, 1.82) is 0 Å². The average Bonchev–Trinajstić information content (AvgIpc) is 2.54. The van der Waals surface area contributed by atoms with E-state index in [0.29, 0.717) is 12.0 Å². The standard InChI is InChI=1S/C16H24N2O6S/c1-4-8-18(11-15(19)20)16(21)14-10-13(6-5-12(14)2)25(22,23)17-7-9-24-3/h5-6,10,17H,4,7-9,11H2,1-3H3,(H,19,20). The van der Waals surface area contributed by atoms with Crippen LogP contribution in [0.25, 0.3) is 0 Å². The molecule has 0 fully saturated rings. The molecule has 0 heterocycles. The van der Waals surface area contributed by atoms with Crippen molar-refractivity contribution in [3.8, 4) is 0 Å². The monoisotopic (exact) mass is 372 g/mol. The number of nitrogens with zero attached hydrogens (tertiary/aromatic N) is 1. The summed E-state index contributed by atoms with van der Waals surface area (Å²) in [6.45, 7) is 3.67. The van der Waals surface area contributed by atoms with Gasteiger partial charge in [-0.3, -0.25) is 9.59 Å². The Morgan fingerprint density at radius 3 is 2.56 bits per heavy atom. The molecule has 0 aromatic heterocycles. The summed E-state index contributed by atoms with van der Waals surface area (Å²) in [7, 11) is -2.32. The van der Waals surface area contributed by atoms with Crippen molar-refractivity contribution in [3.63, 3.8) is 0 Å². The van der Waals surface area contributed by atoms with Crippen LogP contribution in [0.5, 0.6) is 0 Å². The summed E-state index contributed by atoms with van der Waals surface area (Å²) in [4.78, 5) is 24.8. The largest absolute Gasteiger partial charge is 0.480 e. The number of carbonyl (C=O) groups excluding carboxylic acids is 1. The highest BCUT2D eigenvalue weighted by atomic mass is 32.2. The maximum Gasteiger partial charge on any atom is 0.323 e. The molecule has 0 saturated heterocycles. The number of carbonyl (C=O) groups is 2. The Kier molecular flexibility index (Phi) is 8.01. The van der Waals surface area contributed by atoms with E-state index < -0.39 is 28.4 Å². The van der Waals surface area contributed by atoms with Crippen molar-refractivity contribution < 1.29 is 27.9 Å². The zero-order chi connectivity index (χ0) is 19.0. The number of hydrogen-bond acceptors (Lipinski definition) is 5. The topological polar surface area (TPSA) is 113 Å². The molecule has 0 aliphatic carbocycles. The molecule has 140 valence electrons. The van der Waals surface area contributed by atoms with E-state index >= 15 is 0 Å². The van der Waals surface area contributed by atoms with Crippen LogP contribution < -0.4 is 4.72 Å². The molecule has 0 saturated carbocycles. The lowest BCUT2D eigenvalue weighted by molar-refractivity contribution is -0.137. The molecule has 0 unspecified atom stereocenters. The number of sulfonamides is 1. The predicted octanol–water partition coefficient (Wildman–Crippen LogP) is 0.857. The molecule has 8 nitrogen and oxygen atoms in total. The smallest absolute Gasteiger partial charge is 0.323 e. The van der Waals surface area contributed by atoms with Crippen LogP contribution >= 0.6 is 0 Å². The molecule has 0 bridgehead atoms. The lowest BCUT2D eigenvalue weighted by Gasteiger charge is -2.21. The number of carboxylic acid groups (broad SMARTS) is 1. The van der Waals surface area contributed by atoms with Gasteiger partial charge < -0.3 is 14.7 Å². The molecule has 1 aromatic carbocycles. The molecule has 0 aliphatic heterocycles. The summed E-state index contributed by atoms with van der Waals surface area (Å²) < 4.78 is 31.7. The number of ether oxygens (including phenoxy) is 1. The van der Waals surface area contributed by atoms with Gasteiger partial charge in [0.05, 0.1) is 11.5 Å². The Bertz CT molecular complexity index is 717. The summed E-state index contributed by atoms with van der Waals surface area (Å²) in [5.41, 5.74) is 0.747. The molecule has 1 aromatic rings. The second-order valence-electron chi connectivity index (χ2n) is 5.49. The van der Waals surface area contributed by atoms with E-state index in [1.54, 1.807) is 6.92 Å². The SMILES string of the molecule is CCCN(CC(=O)O)C(=O)c1cc(S(=O)(=O)NCCOC)ccc1C. The van der Waals surface area contributed by atoms with E-state index in [1.165, 1.54) is 30.2 Å². The van der Waals surface area contributed by atoms with E-state index in [4.69, 9.17) is 9.84 Å². The zero-order valence-electron chi connectivity index (χ0n) is 14.6. The lowest BCUT2D eigenvalue weighted by Crippen LogP contribution is -2.36. The molecule has 0 atom stereocenters. The van der Waals surface area contributed by atoms with Crippen molar-refractivity contribution in [3.05, 3.63) is 29.3 Å². The third-order valence-electron chi connectivity index (χ3n) is 3.45. The van der Waals surface area contributed by atoms with Gasteiger partial charge in [-0.2, -0.15) is 0 Å². The van der Waals surface area contributed by atoms with Crippen LogP contribution in [0.2, 0.25) is 0 Å². The number of nitrogens with one attached hydrogen (secondary N) is 1. The van der Waals surface area contributed by atoms with Gasteiger partial charge in [0, 0.05) is 25.8 Å². The van der Waals surface area contributed by atoms with Gasteiger partial charge in [0.25, 0.3) is 5.91 Å². The normalized spacial score (nSPS) is 11.3. The van der Waals surface area contributed by atoms with Crippen LogP contribution in [-0.4, -0.2) is 63.7 Å². The number of carboxylic acids is 1. The van der Waals surface area contributed by atoms with Crippen molar-refractivity contribution in [2.45, 2.75) is 25.2 Å². The van der Waals surface area contributed by atoms with E-state index in [1.807, 2.05) is 6.92 Å². The van der Waals surface area contributed by atoms with Crippen LogP contribution in [0, 0.1) is 6.92 Å². The highest BCUT2D eigenvalue weighted by molar-refractivity contribution is 7.89. The molecule has 1 rings (SSSR count). The van der Waals surface area contributed by atoms with Gasteiger partial charge in [0.1, 0.15) is 6.54 Å². The van der Waals surface area contributed by atoms with Gasteiger partial charge in [-0.05, 0) is 31.0 Å². The number of methoxy groups -OCH3 is 1. The molecular formula is C16H24N2O6S. The van der Waals surface area contributed by atoms with Gasteiger partial charge in [-0.1, -0.05) is 13.0 Å². The molecule has 0 spiro atoms. The maximum absolute atomic E-state index is 12.7. The van der Waals surface area contributed by atoms with Crippen molar-refractivity contribution in [2.24, 2.45) is 0 Å². The Morgan fingerprint density at radius 2 is 2.00 bits per heavy atom. The minimum Gasteiger partial charge on any atom is -0.480 e. The summed E-state index contributed by atoms with van der Waals surface area (Å²) in [5, 5.41) is 8.97. The first-order valence-corrected chi connectivity index (χ1v) is 9.31. The average molecular weight is 372 g/mol. The van der Waals surface area contributed by atoms with Crippen LogP contribution in [0.3, 0.4) is 0 Å². The van der Waals surface area contributed by atoms with Gasteiger partial charge in [0.15, 0.2) is 0 Å². The Morgan fingerprint density at radius 1 is 1.32 bits per heavy atom. The highest BCUT2D eigenvalue weighted by Gasteiger charge is 2.22. The quantitative estimate of drug-likeness (QED) is 0.589. The predicted molar refractivity (Wildman–Crippen MR) is 92.1 cm³/mol. The summed E-state index contributed by atoms with van der Waals surface area (Å²) in [5.74, 6) is -1.62. The molecule has 0 radical (unpaired) electrons. The first kappa shape index (κ1) is 21.1. The van der Waals surface area contributed by atoms with Crippen LogP contribution in [0.1, 0.15) is 29.3 Å². The highest BCUT2D eigenvalue weighted by Crippen LogP contribution is 2.18. The lowest BCUT2D eigenvalue weighted by atomic mass is 10.1. The third-order valence-corrected chi connectivity index (χ3v) is 4.91. The minimum atomic E-state index is -3.78. The summed E-state index contributed by atoms with van der Waals surface area (Å²) >= 11 is 0. The van der Waals surface area contributed by atoms with Crippen LogP contribution in [0.15, 0.2) is 23.1 Å². The molecule has 25 heavy (non-hydrogen) atoms. The number of benzene rings is 1. The number of aliphatic carboxylic acids is 1. The second-order valence-corrected chi connectivity index (χ2v) is 7.25. The minimum absolute atomic E-state index is 0.0515. The van der Waals surface area contributed by atoms with E-state index in [-0.39, 0.29) is 30.2 Å². The second kappa shape index (κ2) is 9.50. The molecule has 1 amide bonds. The van der Waals surface area contributed by atoms with Gasteiger partial charge >= 0.3 is 5.97 Å². The Hall–Kier alpha value is -1.97. The van der Waals surface area contributed by atoms with Gasteiger partial charge in [0.2, 0.25) is 10.0 Å². The summed E-state index contributed by atoms with van der Waals surface area (Å²) in [6, 6.07) is 4.21. The maximum atomic E-state index is 12.7. The first-order valence-electron chi connectivity index (χ1n) is 7.83. The van der Waals surface area contributed by atoms with E-state index in [9.17, 15) is 18.0 Å². The number of amides is 1. The van der Waals surface area contributed by atoms with Crippen LogP contribution in [-0.2, 0) is 19.6 Å². The fourth-order valence-electron chi connectivity index (χ4n) is 2.22. The first-order chi connectivity index (χ1) is 11.7.